The minimum Gasteiger partial charge on any atom is -0.369 e. The first kappa shape index (κ1) is 25.1. The van der Waals surface area contributed by atoms with Gasteiger partial charge in [0.1, 0.15) is 6.29 Å². The number of ketones is 1. The number of para-hydroxylation sites is 1. The number of rotatable bonds is 9. The largest absolute Gasteiger partial charge is 0.369 e. The van der Waals surface area contributed by atoms with E-state index in [1.807, 2.05) is 24.3 Å². The summed E-state index contributed by atoms with van der Waals surface area (Å²) in [5, 5.41) is 7.97. The zero-order valence-electron chi connectivity index (χ0n) is 21.1. The van der Waals surface area contributed by atoms with E-state index in [1.165, 1.54) is 11.3 Å². The lowest BCUT2D eigenvalue weighted by Gasteiger charge is -2.41. The summed E-state index contributed by atoms with van der Waals surface area (Å²) in [5.74, 6) is 0.163. The highest BCUT2D eigenvalue weighted by atomic mass is 16.1. The lowest BCUT2D eigenvalue weighted by molar-refractivity contribution is -0.113. The van der Waals surface area contributed by atoms with Crippen molar-refractivity contribution in [3.05, 3.63) is 59.7 Å². The smallest absolute Gasteiger partial charge is 0.176 e. The molecule has 2 heterocycles. The van der Waals surface area contributed by atoms with Crippen LogP contribution in [0.1, 0.15) is 37.3 Å². The monoisotopic (exact) mass is 474 g/mol. The van der Waals surface area contributed by atoms with Gasteiger partial charge in [-0.25, -0.2) is 0 Å². The van der Waals surface area contributed by atoms with Crippen LogP contribution in [0.25, 0.3) is 0 Å². The number of carbonyl (C=O) groups is 2. The summed E-state index contributed by atoms with van der Waals surface area (Å²) in [6.45, 7) is 6.87. The molecule has 6 nitrogen and oxygen atoms in total. The number of hydrogen-bond acceptors (Lipinski definition) is 6. The number of benzene rings is 2. The van der Waals surface area contributed by atoms with E-state index in [-0.39, 0.29) is 23.5 Å². The van der Waals surface area contributed by atoms with Crippen LogP contribution >= 0.6 is 0 Å². The zero-order valence-corrected chi connectivity index (χ0v) is 21.1. The van der Waals surface area contributed by atoms with Gasteiger partial charge in [-0.15, -0.1) is 0 Å². The van der Waals surface area contributed by atoms with E-state index in [0.29, 0.717) is 12.8 Å². The van der Waals surface area contributed by atoms with E-state index in [0.717, 1.165) is 69.5 Å². The topological polar surface area (TPSA) is 67.7 Å². The van der Waals surface area contributed by atoms with Crippen molar-refractivity contribution in [2.75, 3.05) is 49.6 Å². The van der Waals surface area contributed by atoms with Crippen molar-refractivity contribution in [3.63, 3.8) is 0 Å². The Labute approximate surface area is 209 Å². The Morgan fingerprint density at radius 1 is 1.03 bits per heavy atom. The van der Waals surface area contributed by atoms with Crippen LogP contribution in [0.2, 0.25) is 0 Å². The van der Waals surface area contributed by atoms with Crippen molar-refractivity contribution in [1.82, 2.24) is 4.90 Å². The van der Waals surface area contributed by atoms with E-state index in [2.05, 4.69) is 46.0 Å². The molecule has 0 spiro atoms. The van der Waals surface area contributed by atoms with Gasteiger partial charge >= 0.3 is 0 Å². The molecule has 0 aromatic heterocycles. The molecule has 2 aromatic carbocycles. The van der Waals surface area contributed by atoms with E-state index in [9.17, 15) is 9.59 Å². The van der Waals surface area contributed by atoms with Crippen molar-refractivity contribution in [1.29, 1.82) is 5.41 Å². The molecule has 35 heavy (non-hydrogen) atoms. The van der Waals surface area contributed by atoms with Crippen LogP contribution in [0.5, 0.6) is 0 Å². The highest BCUT2D eigenvalue weighted by Crippen LogP contribution is 2.33. The second-order valence-corrected chi connectivity index (χ2v) is 9.94. The summed E-state index contributed by atoms with van der Waals surface area (Å²) < 4.78 is 0. The van der Waals surface area contributed by atoms with E-state index in [1.54, 1.807) is 6.92 Å². The second kappa shape index (κ2) is 11.6. The minimum absolute atomic E-state index is 0.106. The van der Waals surface area contributed by atoms with Gasteiger partial charge in [-0.05, 0) is 61.6 Å². The van der Waals surface area contributed by atoms with Crippen LogP contribution in [0.15, 0.2) is 48.5 Å². The van der Waals surface area contributed by atoms with Crippen molar-refractivity contribution in [2.24, 2.45) is 5.92 Å². The first-order valence-electron chi connectivity index (χ1n) is 12.9. The molecule has 0 amide bonds. The molecule has 2 fully saturated rings. The van der Waals surface area contributed by atoms with Gasteiger partial charge in [-0.1, -0.05) is 37.3 Å². The summed E-state index contributed by atoms with van der Waals surface area (Å²) in [6, 6.07) is 16.6. The summed E-state index contributed by atoms with van der Waals surface area (Å²) >= 11 is 0. The number of likely N-dealkylation sites (N-methyl/N-ethyl adjacent to an activating group) is 1. The molecule has 2 aliphatic rings. The minimum atomic E-state index is -0.157. The Bertz CT molecular complexity index is 1030. The van der Waals surface area contributed by atoms with Gasteiger partial charge in [0, 0.05) is 56.9 Å². The number of nitrogens with one attached hydrogen (secondary N) is 1. The van der Waals surface area contributed by atoms with Gasteiger partial charge in [0.25, 0.3) is 0 Å². The first-order valence-corrected chi connectivity index (χ1v) is 12.9. The molecule has 186 valence electrons. The molecule has 4 rings (SSSR count). The molecule has 2 saturated heterocycles. The quantitative estimate of drug-likeness (QED) is 0.439. The predicted octanol–water partition coefficient (Wildman–Crippen LogP) is 4.01. The number of Topliss-reactive ketones (excluding diaryl/α,β-unsaturated/α-hetero) is 1. The van der Waals surface area contributed by atoms with Crippen molar-refractivity contribution < 1.29 is 9.59 Å². The Balaban J connectivity index is 1.48. The van der Waals surface area contributed by atoms with Crippen LogP contribution in [0.4, 0.5) is 11.4 Å². The summed E-state index contributed by atoms with van der Waals surface area (Å²) in [6.07, 6.45) is 4.86. The Hall–Kier alpha value is -2.99. The van der Waals surface area contributed by atoms with Gasteiger partial charge in [0.05, 0.1) is 11.8 Å². The maximum absolute atomic E-state index is 12.4. The zero-order chi connectivity index (χ0) is 24.8. The molecule has 0 aliphatic carbocycles. The lowest BCUT2D eigenvalue weighted by Crippen LogP contribution is -2.47. The highest BCUT2D eigenvalue weighted by Gasteiger charge is 2.32. The maximum Gasteiger partial charge on any atom is 0.176 e. The van der Waals surface area contributed by atoms with E-state index >= 15 is 0 Å². The van der Waals surface area contributed by atoms with Crippen molar-refractivity contribution in [3.8, 4) is 0 Å². The molecule has 0 saturated carbocycles. The number of piperidine rings is 1. The van der Waals surface area contributed by atoms with Gasteiger partial charge in [0.15, 0.2) is 5.78 Å². The fraction of sp³-hybridized carbons (Fsp3) is 0.483. The number of nitrogens with zero attached hydrogens (tertiary/aromatic N) is 3. The van der Waals surface area contributed by atoms with Crippen LogP contribution in [-0.2, 0) is 22.4 Å². The molecular weight excluding hydrogens is 436 g/mol. The third-order valence-electron chi connectivity index (χ3n) is 7.58. The number of aldehydes is 1. The average molecular weight is 475 g/mol. The Kier molecular flexibility index (Phi) is 8.34. The third kappa shape index (κ3) is 5.99. The van der Waals surface area contributed by atoms with Gasteiger partial charge in [0.2, 0.25) is 0 Å². The number of piperazine rings is 1. The summed E-state index contributed by atoms with van der Waals surface area (Å²) in [7, 11) is 2.18. The standard InChI is InChI=1S/C29H38N4O2/c1-3-29(35)26(30)19-22-10-12-25(13-11-22)33-14-6-8-24(28(33)21-34)20-23-7-4-5-9-27(23)32-17-15-31(2)16-18-32/h4-5,7,9-13,21,24,28,30H,3,6,8,14-20H2,1-2H3. The normalized spacial score (nSPS) is 21.1. The molecule has 2 aromatic rings. The predicted molar refractivity (Wildman–Crippen MR) is 143 cm³/mol. The van der Waals surface area contributed by atoms with Gasteiger partial charge < -0.3 is 24.9 Å². The summed E-state index contributed by atoms with van der Waals surface area (Å²) in [4.78, 5) is 31.2. The fourth-order valence-corrected chi connectivity index (χ4v) is 5.45. The van der Waals surface area contributed by atoms with Gasteiger partial charge in [-0.3, -0.25) is 4.79 Å². The fourth-order valence-electron chi connectivity index (χ4n) is 5.45. The molecule has 2 unspecified atom stereocenters. The number of carbonyl (C=O) groups excluding carboxylic acids is 2. The first-order chi connectivity index (χ1) is 17.0. The van der Waals surface area contributed by atoms with E-state index < -0.39 is 0 Å². The molecule has 1 N–H and O–H groups in total. The van der Waals surface area contributed by atoms with Gasteiger partial charge in [-0.2, -0.15) is 0 Å². The van der Waals surface area contributed by atoms with Crippen LogP contribution in [0, 0.1) is 11.3 Å². The van der Waals surface area contributed by atoms with Crippen LogP contribution in [-0.4, -0.2) is 68.5 Å². The van der Waals surface area contributed by atoms with Crippen LogP contribution < -0.4 is 9.80 Å². The van der Waals surface area contributed by atoms with Crippen molar-refractivity contribution >= 4 is 29.2 Å². The molecule has 0 radical (unpaired) electrons. The SMILES string of the molecule is CCC(=O)C(=N)Cc1ccc(N2CCCC(Cc3ccccc3N3CCN(C)CC3)C2C=O)cc1. The number of hydrogen-bond donors (Lipinski definition) is 1. The van der Waals surface area contributed by atoms with Crippen LogP contribution in [0.3, 0.4) is 0 Å². The molecule has 2 atom stereocenters. The Morgan fingerprint density at radius 3 is 2.43 bits per heavy atom. The Morgan fingerprint density at radius 2 is 1.74 bits per heavy atom. The maximum atomic E-state index is 12.4. The van der Waals surface area contributed by atoms with Crippen molar-refractivity contribution in [2.45, 2.75) is 45.1 Å². The third-order valence-corrected chi connectivity index (χ3v) is 7.58. The molecule has 0 bridgehead atoms. The van der Waals surface area contributed by atoms with E-state index in [4.69, 9.17) is 5.41 Å². The molecule has 2 aliphatic heterocycles. The number of anilines is 2. The highest BCUT2D eigenvalue weighted by molar-refractivity contribution is 6.38. The lowest BCUT2D eigenvalue weighted by atomic mass is 9.84. The summed E-state index contributed by atoms with van der Waals surface area (Å²) in [5.41, 5.74) is 4.80. The second-order valence-electron chi connectivity index (χ2n) is 9.94. The molecule has 6 heteroatoms. The molecular formula is C29H38N4O2. The average Bonchev–Trinajstić information content (AvgIpc) is 2.89.